The molecule has 0 aliphatic heterocycles. The number of allylic oxidation sites excluding steroid dienone is 1. The minimum absolute atomic E-state index is 1.06. The SMILES string of the molecule is CCCC=[CH][PbH]. The molecule has 0 unspecified atom stereocenters. The summed E-state index contributed by atoms with van der Waals surface area (Å²) < 4.78 is 2.25. The quantitative estimate of drug-likeness (QED) is 0.665. The molecule has 0 aromatic rings. The van der Waals surface area contributed by atoms with Crippen molar-refractivity contribution in [2.45, 2.75) is 19.8 Å². The molecule has 34 valence electrons. The van der Waals surface area contributed by atoms with Gasteiger partial charge in [-0.05, 0) is 0 Å². The molecule has 0 aromatic heterocycles. The van der Waals surface area contributed by atoms with E-state index in [9.17, 15) is 0 Å². The average molecular weight is 277 g/mol. The van der Waals surface area contributed by atoms with Crippen molar-refractivity contribution in [3.8, 4) is 0 Å². The fourth-order valence-electron chi connectivity index (χ4n) is 0.263. The third-order valence-corrected chi connectivity index (χ3v) is 1.65. The number of hydrogen-bond donors (Lipinski definition) is 0. The minimum atomic E-state index is 1.06. The Balaban J connectivity index is 2.66. The maximum absolute atomic E-state index is 2.25. The summed E-state index contributed by atoms with van der Waals surface area (Å²) in [5, 5.41) is 0. The van der Waals surface area contributed by atoms with Gasteiger partial charge >= 0.3 is 55.2 Å². The van der Waals surface area contributed by atoms with Gasteiger partial charge in [-0.15, -0.1) is 0 Å². The van der Waals surface area contributed by atoms with E-state index in [4.69, 9.17) is 0 Å². The molecule has 0 nitrogen and oxygen atoms in total. The molecule has 1 heteroatoms. The molecule has 0 amide bonds. The monoisotopic (exact) mass is 278 g/mol. The summed E-state index contributed by atoms with van der Waals surface area (Å²) in [6.07, 6.45) is 4.82. The van der Waals surface area contributed by atoms with Gasteiger partial charge in [0.15, 0.2) is 0 Å². The Morgan fingerprint density at radius 3 is 2.50 bits per heavy atom. The normalized spacial score (nSPS) is 10.3. The van der Waals surface area contributed by atoms with E-state index in [0.29, 0.717) is 0 Å². The van der Waals surface area contributed by atoms with Crippen LogP contribution < -0.4 is 0 Å². The third kappa shape index (κ3) is 4.66. The van der Waals surface area contributed by atoms with E-state index >= 15 is 0 Å². The van der Waals surface area contributed by atoms with E-state index in [1.54, 1.807) is 0 Å². The molecule has 0 saturated carbocycles. The number of unbranched alkanes of at least 4 members (excludes halogenated alkanes) is 1. The van der Waals surface area contributed by atoms with Crippen molar-refractivity contribution in [3.05, 3.63) is 9.71 Å². The predicted molar refractivity (Wildman–Crippen MR) is 31.2 cm³/mol. The van der Waals surface area contributed by atoms with Crippen molar-refractivity contribution < 1.29 is 0 Å². The van der Waals surface area contributed by atoms with Gasteiger partial charge in [-0.25, -0.2) is 0 Å². The van der Waals surface area contributed by atoms with Gasteiger partial charge in [-0.2, -0.15) is 0 Å². The number of rotatable bonds is 2. The Labute approximate surface area is 55.3 Å². The standard InChI is InChI=1S/C5H9.Pb.H/c1-3-5-4-2;;/h1,3H,4-5H2,2H3;;. The first-order valence-electron chi connectivity index (χ1n) is 2.28. The van der Waals surface area contributed by atoms with Gasteiger partial charge in [0.25, 0.3) is 0 Å². The summed E-state index contributed by atoms with van der Waals surface area (Å²) >= 11 is 1.06. The molecule has 0 aromatic carbocycles. The van der Waals surface area contributed by atoms with Gasteiger partial charge in [-0.1, -0.05) is 0 Å². The summed E-state index contributed by atoms with van der Waals surface area (Å²) in [7, 11) is 0. The molecule has 0 rings (SSSR count). The van der Waals surface area contributed by atoms with Gasteiger partial charge < -0.3 is 0 Å². The van der Waals surface area contributed by atoms with E-state index in [1.165, 1.54) is 12.8 Å². The van der Waals surface area contributed by atoms with Crippen LogP contribution in [0.1, 0.15) is 19.8 Å². The molecule has 0 saturated heterocycles. The van der Waals surface area contributed by atoms with E-state index in [-0.39, 0.29) is 0 Å². The van der Waals surface area contributed by atoms with E-state index in [1.807, 2.05) is 0 Å². The van der Waals surface area contributed by atoms with Crippen LogP contribution in [0.15, 0.2) is 9.71 Å². The molecule has 0 aliphatic rings. The summed E-state index contributed by atoms with van der Waals surface area (Å²) in [4.78, 5) is 0. The molecule has 0 N–H and O–H groups in total. The summed E-state index contributed by atoms with van der Waals surface area (Å²) in [6, 6.07) is 0. The molecule has 0 fully saturated rings. The second-order valence-electron chi connectivity index (χ2n) is 1.22. The second-order valence-corrected chi connectivity index (χ2v) is 2.71. The maximum atomic E-state index is 2.25. The van der Waals surface area contributed by atoms with E-state index in [0.717, 1.165) is 25.8 Å². The molecule has 2 radical (unpaired) electrons. The zero-order valence-electron chi connectivity index (χ0n) is 4.15. The first-order chi connectivity index (χ1) is 2.91. The number of hydrogen-bond acceptors (Lipinski definition) is 0. The van der Waals surface area contributed by atoms with Gasteiger partial charge in [-0.3, -0.25) is 0 Å². The Bertz CT molecular complexity index is 39.2. The third-order valence-electron chi connectivity index (χ3n) is 0.591. The van der Waals surface area contributed by atoms with Crippen LogP contribution in [0.25, 0.3) is 0 Å². The van der Waals surface area contributed by atoms with Crippen LogP contribution in [-0.2, 0) is 0 Å². The van der Waals surface area contributed by atoms with Crippen molar-refractivity contribution in [3.63, 3.8) is 0 Å². The first-order valence-corrected chi connectivity index (χ1v) is 4.87. The van der Waals surface area contributed by atoms with Crippen LogP contribution in [-0.4, -0.2) is 25.8 Å². The summed E-state index contributed by atoms with van der Waals surface area (Å²) in [5.74, 6) is 0. The topological polar surface area (TPSA) is 0 Å². The van der Waals surface area contributed by atoms with Crippen molar-refractivity contribution in [1.82, 2.24) is 0 Å². The van der Waals surface area contributed by atoms with Crippen molar-refractivity contribution in [2.24, 2.45) is 0 Å². The fraction of sp³-hybridized carbons (Fsp3) is 0.600. The van der Waals surface area contributed by atoms with Crippen LogP contribution in [0.2, 0.25) is 0 Å². The first kappa shape index (κ1) is 6.66. The zero-order chi connectivity index (χ0) is 4.83. The van der Waals surface area contributed by atoms with Crippen LogP contribution in [0.5, 0.6) is 0 Å². The van der Waals surface area contributed by atoms with Crippen molar-refractivity contribution >= 4 is 25.8 Å². The Morgan fingerprint density at radius 2 is 2.33 bits per heavy atom. The van der Waals surface area contributed by atoms with Crippen LogP contribution in [0, 0.1) is 0 Å². The molecular weight excluding hydrogens is 267 g/mol. The predicted octanol–water partition coefficient (Wildman–Crippen LogP) is 1.20. The molecule has 0 bridgehead atoms. The van der Waals surface area contributed by atoms with Gasteiger partial charge in [0.05, 0.1) is 0 Å². The average Bonchev–Trinajstić information content (AvgIpc) is 1.61. The molecular formula is C5H10Pb. The Kier molecular flexibility index (Phi) is 6.29. The molecule has 0 heterocycles. The fourth-order valence-corrected chi connectivity index (χ4v) is 1.01. The van der Waals surface area contributed by atoms with Crippen LogP contribution in [0.3, 0.4) is 0 Å². The Morgan fingerprint density at radius 1 is 1.67 bits per heavy atom. The van der Waals surface area contributed by atoms with Gasteiger partial charge in [0.2, 0.25) is 0 Å². The van der Waals surface area contributed by atoms with Crippen LogP contribution >= 0.6 is 0 Å². The second kappa shape index (κ2) is 5.66. The zero-order valence-corrected chi connectivity index (χ0v) is 8.64. The van der Waals surface area contributed by atoms with Gasteiger partial charge in [0.1, 0.15) is 0 Å². The van der Waals surface area contributed by atoms with Crippen molar-refractivity contribution in [2.75, 3.05) is 0 Å². The molecule has 6 heavy (non-hydrogen) atoms. The summed E-state index contributed by atoms with van der Waals surface area (Å²) in [6.45, 7) is 2.20. The summed E-state index contributed by atoms with van der Waals surface area (Å²) in [5.41, 5.74) is 0. The van der Waals surface area contributed by atoms with Crippen LogP contribution in [0.4, 0.5) is 0 Å². The molecule has 0 atom stereocenters. The Hall–Kier alpha value is 0.662. The van der Waals surface area contributed by atoms with Crippen molar-refractivity contribution in [1.29, 1.82) is 0 Å². The van der Waals surface area contributed by atoms with E-state index in [2.05, 4.69) is 16.6 Å². The van der Waals surface area contributed by atoms with E-state index < -0.39 is 0 Å². The van der Waals surface area contributed by atoms with Gasteiger partial charge in [0, 0.05) is 0 Å². The molecule has 0 aliphatic carbocycles. The molecule has 0 spiro atoms.